The largest absolute Gasteiger partial charge is 0.464 e. The van der Waals surface area contributed by atoms with Crippen molar-refractivity contribution in [3.8, 4) is 5.69 Å². The Hall–Kier alpha value is -2.59. The molecule has 0 aliphatic rings. The van der Waals surface area contributed by atoms with Gasteiger partial charge in [-0.3, -0.25) is 4.79 Å². The predicted octanol–water partition coefficient (Wildman–Crippen LogP) is 3.43. The topological polar surface area (TPSA) is 48.3 Å². The molecule has 3 rings (SSSR count). The van der Waals surface area contributed by atoms with E-state index in [1.54, 1.807) is 22.8 Å². The van der Waals surface area contributed by atoms with Crippen LogP contribution >= 0.6 is 11.6 Å². The predicted molar refractivity (Wildman–Crippen MR) is 85.9 cm³/mol. The van der Waals surface area contributed by atoms with Gasteiger partial charge < -0.3 is 9.30 Å². The Labute approximate surface area is 131 Å². The number of hydrogen-bond donors (Lipinski definition) is 0. The third-order valence-corrected chi connectivity index (χ3v) is 3.62. The molecule has 0 aliphatic carbocycles. The van der Waals surface area contributed by atoms with Crippen molar-refractivity contribution in [2.24, 2.45) is 0 Å². The number of hydrogen-bond acceptors (Lipinski definition) is 3. The van der Waals surface area contributed by atoms with Gasteiger partial charge in [0.1, 0.15) is 5.69 Å². The Morgan fingerprint density at radius 1 is 1.09 bits per heavy atom. The zero-order valence-electron chi connectivity index (χ0n) is 11.7. The van der Waals surface area contributed by atoms with Crippen molar-refractivity contribution in [1.29, 1.82) is 0 Å². The molecule has 3 aromatic rings. The molecule has 110 valence electrons. The molecular formula is C17H12ClNO3. The van der Waals surface area contributed by atoms with E-state index >= 15 is 0 Å². The van der Waals surface area contributed by atoms with Gasteiger partial charge >= 0.3 is 5.97 Å². The summed E-state index contributed by atoms with van der Waals surface area (Å²) in [6.45, 7) is 0. The van der Waals surface area contributed by atoms with E-state index in [4.69, 9.17) is 16.3 Å². The van der Waals surface area contributed by atoms with Crippen molar-refractivity contribution in [2.45, 2.75) is 0 Å². The molecule has 0 atom stereocenters. The van der Waals surface area contributed by atoms with E-state index in [9.17, 15) is 9.59 Å². The molecule has 0 N–H and O–H groups in total. The first kappa shape index (κ1) is 14.4. The SMILES string of the molecule is COC(=O)c1cc(=O)c2ccc(Cl)cc2n1-c1ccccc1. The zero-order chi connectivity index (χ0) is 15.7. The maximum absolute atomic E-state index is 12.3. The van der Waals surface area contributed by atoms with Crippen LogP contribution in [0.15, 0.2) is 59.4 Å². The van der Waals surface area contributed by atoms with Crippen molar-refractivity contribution < 1.29 is 9.53 Å². The van der Waals surface area contributed by atoms with Crippen LogP contribution in [0, 0.1) is 0 Å². The molecule has 1 heterocycles. The fourth-order valence-corrected chi connectivity index (χ4v) is 2.57. The van der Waals surface area contributed by atoms with Crippen LogP contribution in [0.4, 0.5) is 0 Å². The van der Waals surface area contributed by atoms with E-state index in [2.05, 4.69) is 0 Å². The van der Waals surface area contributed by atoms with Crippen LogP contribution in [0.2, 0.25) is 5.02 Å². The van der Waals surface area contributed by atoms with Crippen molar-refractivity contribution in [2.75, 3.05) is 7.11 Å². The van der Waals surface area contributed by atoms with Crippen molar-refractivity contribution in [3.05, 3.63) is 75.5 Å². The van der Waals surface area contributed by atoms with Gasteiger partial charge in [-0.2, -0.15) is 0 Å². The number of nitrogens with zero attached hydrogens (tertiary/aromatic N) is 1. The van der Waals surface area contributed by atoms with Gasteiger partial charge in [-0.25, -0.2) is 4.79 Å². The maximum atomic E-state index is 12.3. The summed E-state index contributed by atoms with van der Waals surface area (Å²) in [6, 6.07) is 15.5. The van der Waals surface area contributed by atoms with Crippen molar-refractivity contribution >= 4 is 28.5 Å². The van der Waals surface area contributed by atoms with Crippen LogP contribution in [-0.2, 0) is 4.74 Å². The number of halogens is 1. The quantitative estimate of drug-likeness (QED) is 0.681. The lowest BCUT2D eigenvalue weighted by atomic mass is 10.1. The summed E-state index contributed by atoms with van der Waals surface area (Å²) < 4.78 is 6.48. The minimum atomic E-state index is -0.581. The van der Waals surface area contributed by atoms with Crippen LogP contribution in [0.1, 0.15) is 10.5 Å². The first-order valence-electron chi connectivity index (χ1n) is 6.61. The van der Waals surface area contributed by atoms with Crippen LogP contribution in [0.25, 0.3) is 16.6 Å². The highest BCUT2D eigenvalue weighted by molar-refractivity contribution is 6.31. The molecule has 0 amide bonds. The Bertz CT molecular complexity index is 916. The number of para-hydroxylation sites is 1. The molecule has 0 aliphatic heterocycles. The van der Waals surface area contributed by atoms with E-state index in [-0.39, 0.29) is 11.1 Å². The molecular weight excluding hydrogens is 302 g/mol. The molecule has 0 saturated carbocycles. The average molecular weight is 314 g/mol. The fraction of sp³-hybridized carbons (Fsp3) is 0.0588. The number of fused-ring (bicyclic) bond motifs is 1. The summed E-state index contributed by atoms with van der Waals surface area (Å²) in [5.74, 6) is -0.581. The molecule has 0 unspecified atom stereocenters. The zero-order valence-corrected chi connectivity index (χ0v) is 12.5. The average Bonchev–Trinajstić information content (AvgIpc) is 2.54. The first-order valence-corrected chi connectivity index (χ1v) is 6.98. The van der Waals surface area contributed by atoms with Crippen LogP contribution in [0.3, 0.4) is 0 Å². The molecule has 0 bridgehead atoms. The maximum Gasteiger partial charge on any atom is 0.355 e. The number of carbonyl (C=O) groups is 1. The number of methoxy groups -OCH3 is 1. The third kappa shape index (κ3) is 2.38. The van der Waals surface area contributed by atoms with Crippen molar-refractivity contribution in [1.82, 2.24) is 4.57 Å². The molecule has 0 spiro atoms. The lowest BCUT2D eigenvalue weighted by Crippen LogP contribution is -2.18. The van der Waals surface area contributed by atoms with E-state index in [0.29, 0.717) is 15.9 Å². The number of ether oxygens (including phenoxy) is 1. The molecule has 0 radical (unpaired) electrons. The Balaban J connectivity index is 2.49. The minimum Gasteiger partial charge on any atom is -0.464 e. The third-order valence-electron chi connectivity index (χ3n) is 3.38. The van der Waals surface area contributed by atoms with E-state index < -0.39 is 5.97 Å². The molecule has 5 heteroatoms. The summed E-state index contributed by atoms with van der Waals surface area (Å²) in [5, 5.41) is 0.972. The van der Waals surface area contributed by atoms with Gasteiger partial charge in [0.2, 0.25) is 0 Å². The second kappa shape index (κ2) is 5.66. The second-order valence-corrected chi connectivity index (χ2v) is 5.15. The van der Waals surface area contributed by atoms with Gasteiger partial charge in [0, 0.05) is 22.2 Å². The van der Waals surface area contributed by atoms with Gasteiger partial charge in [-0.15, -0.1) is 0 Å². The number of pyridine rings is 1. The standard InChI is InChI=1S/C17H12ClNO3/c1-22-17(21)15-10-16(20)13-8-7-11(18)9-14(13)19(15)12-5-3-2-4-6-12/h2-10H,1H3. The number of aromatic nitrogens is 1. The Kier molecular flexibility index (Phi) is 3.69. The highest BCUT2D eigenvalue weighted by Crippen LogP contribution is 2.22. The summed E-state index contributed by atoms with van der Waals surface area (Å²) in [6.07, 6.45) is 0. The highest BCUT2D eigenvalue weighted by Gasteiger charge is 2.17. The lowest BCUT2D eigenvalue weighted by Gasteiger charge is -2.15. The molecule has 0 fully saturated rings. The minimum absolute atomic E-state index is 0.161. The normalized spacial score (nSPS) is 10.6. The smallest absolute Gasteiger partial charge is 0.355 e. The van der Waals surface area contributed by atoms with Crippen molar-refractivity contribution in [3.63, 3.8) is 0 Å². The number of carbonyl (C=O) groups excluding carboxylic acids is 1. The van der Waals surface area contributed by atoms with Gasteiger partial charge in [-0.05, 0) is 30.3 Å². The van der Waals surface area contributed by atoms with Crippen LogP contribution in [-0.4, -0.2) is 17.6 Å². The number of benzene rings is 2. The van der Waals surface area contributed by atoms with E-state index in [1.165, 1.54) is 13.2 Å². The molecule has 1 aromatic heterocycles. The summed E-state index contributed by atoms with van der Waals surface area (Å²) in [5.41, 5.74) is 1.22. The Morgan fingerprint density at radius 2 is 1.82 bits per heavy atom. The van der Waals surface area contributed by atoms with Crippen LogP contribution in [0.5, 0.6) is 0 Å². The first-order chi connectivity index (χ1) is 10.6. The Morgan fingerprint density at radius 3 is 2.50 bits per heavy atom. The van der Waals surface area contributed by atoms with Gasteiger partial charge in [-0.1, -0.05) is 29.8 Å². The van der Waals surface area contributed by atoms with Gasteiger partial charge in [0.15, 0.2) is 5.43 Å². The lowest BCUT2D eigenvalue weighted by molar-refractivity contribution is 0.0591. The van der Waals surface area contributed by atoms with E-state index in [1.807, 2.05) is 30.3 Å². The fourth-order valence-electron chi connectivity index (χ4n) is 2.40. The van der Waals surface area contributed by atoms with E-state index in [0.717, 1.165) is 5.69 Å². The molecule has 22 heavy (non-hydrogen) atoms. The molecule has 2 aromatic carbocycles. The van der Waals surface area contributed by atoms with Gasteiger partial charge in [0.05, 0.1) is 12.6 Å². The molecule has 4 nitrogen and oxygen atoms in total. The number of rotatable bonds is 2. The molecule has 0 saturated heterocycles. The summed E-state index contributed by atoms with van der Waals surface area (Å²) in [4.78, 5) is 24.3. The summed E-state index contributed by atoms with van der Waals surface area (Å²) >= 11 is 6.06. The van der Waals surface area contributed by atoms with Gasteiger partial charge in [0.25, 0.3) is 0 Å². The second-order valence-electron chi connectivity index (χ2n) is 4.72. The highest BCUT2D eigenvalue weighted by atomic mass is 35.5. The monoisotopic (exact) mass is 313 g/mol. The van der Waals surface area contributed by atoms with Crippen LogP contribution < -0.4 is 5.43 Å². The summed E-state index contributed by atoms with van der Waals surface area (Å²) in [7, 11) is 1.28. The number of esters is 1.